The van der Waals surface area contributed by atoms with Gasteiger partial charge in [0.25, 0.3) is 5.79 Å². The molecule has 66 valence electrons. The van der Waals surface area contributed by atoms with Crippen molar-refractivity contribution in [3.05, 3.63) is 23.8 Å². The van der Waals surface area contributed by atoms with E-state index in [1.807, 2.05) is 0 Å². The Bertz CT molecular complexity index is 246. The van der Waals surface area contributed by atoms with Crippen LogP contribution in [-0.4, -0.2) is 25.8 Å². The molecule has 0 bridgehead atoms. The molecule has 1 aliphatic rings. The zero-order valence-electron chi connectivity index (χ0n) is 7.46. The summed E-state index contributed by atoms with van der Waals surface area (Å²) in [6.07, 6.45) is 4.93. The van der Waals surface area contributed by atoms with E-state index in [1.54, 1.807) is 19.1 Å². The minimum atomic E-state index is -1.19. The summed E-state index contributed by atoms with van der Waals surface area (Å²) in [5.74, 6) is -1.36. The van der Waals surface area contributed by atoms with E-state index in [4.69, 9.17) is 9.47 Å². The maximum absolute atomic E-state index is 11.4. The maximum atomic E-state index is 11.4. The molecule has 1 aliphatic carbocycles. The molecule has 0 saturated carbocycles. The van der Waals surface area contributed by atoms with E-state index >= 15 is 0 Å². The molecule has 0 unspecified atom stereocenters. The Balaban J connectivity index is 3.08. The van der Waals surface area contributed by atoms with Crippen molar-refractivity contribution in [3.63, 3.8) is 0 Å². The quantitative estimate of drug-likeness (QED) is 0.578. The van der Waals surface area contributed by atoms with E-state index in [0.717, 1.165) is 5.57 Å². The number of carbonyl (C=O) groups excluding carboxylic acids is 1. The van der Waals surface area contributed by atoms with Crippen molar-refractivity contribution in [1.82, 2.24) is 0 Å². The van der Waals surface area contributed by atoms with Crippen LogP contribution >= 0.6 is 0 Å². The van der Waals surface area contributed by atoms with Crippen molar-refractivity contribution in [1.29, 1.82) is 0 Å². The zero-order chi connectivity index (χ0) is 9.19. The van der Waals surface area contributed by atoms with E-state index in [2.05, 4.69) is 0 Å². The molecule has 0 aromatic rings. The third-order valence-electron chi connectivity index (χ3n) is 2.01. The third kappa shape index (κ3) is 1.11. The average Bonchev–Trinajstić information content (AvgIpc) is 2.06. The van der Waals surface area contributed by atoms with Crippen molar-refractivity contribution >= 4 is 5.78 Å². The number of allylic oxidation sites excluding steroid dienone is 2. The summed E-state index contributed by atoms with van der Waals surface area (Å²) in [7, 11) is 2.91. The normalized spacial score (nSPS) is 20.9. The van der Waals surface area contributed by atoms with Gasteiger partial charge in [0.1, 0.15) is 0 Å². The molecule has 3 nitrogen and oxygen atoms in total. The lowest BCUT2D eigenvalue weighted by atomic mass is 9.97. The zero-order valence-corrected chi connectivity index (χ0v) is 7.46. The second-order valence-corrected chi connectivity index (χ2v) is 2.60. The van der Waals surface area contributed by atoms with Gasteiger partial charge in [-0.05, 0) is 18.6 Å². The first-order chi connectivity index (χ1) is 5.67. The number of ether oxygens (including phenoxy) is 2. The largest absolute Gasteiger partial charge is 0.343 e. The molecule has 0 spiro atoms. The molecule has 0 heterocycles. The fraction of sp³-hybridized carbons (Fsp3) is 0.444. The van der Waals surface area contributed by atoms with E-state index in [9.17, 15) is 4.79 Å². The van der Waals surface area contributed by atoms with Gasteiger partial charge in [-0.3, -0.25) is 4.79 Å². The topological polar surface area (TPSA) is 35.5 Å². The minimum Gasteiger partial charge on any atom is -0.343 e. The number of carbonyl (C=O) groups is 1. The van der Waals surface area contributed by atoms with Crippen LogP contribution in [0.1, 0.15) is 6.92 Å². The lowest BCUT2D eigenvalue weighted by molar-refractivity contribution is -0.185. The van der Waals surface area contributed by atoms with Gasteiger partial charge in [-0.25, -0.2) is 0 Å². The van der Waals surface area contributed by atoms with Gasteiger partial charge in [-0.1, -0.05) is 12.2 Å². The standard InChI is InChI=1S/C9H12O3/c1-7-5-4-6-8(10)9(7,11-2)12-3/h4-6H,1-3H3. The van der Waals surface area contributed by atoms with Gasteiger partial charge in [0.2, 0.25) is 5.78 Å². The highest BCUT2D eigenvalue weighted by molar-refractivity contribution is 5.99. The van der Waals surface area contributed by atoms with E-state index < -0.39 is 5.79 Å². The number of hydrogen-bond acceptors (Lipinski definition) is 3. The minimum absolute atomic E-state index is 0.174. The first-order valence-electron chi connectivity index (χ1n) is 3.67. The monoisotopic (exact) mass is 168 g/mol. The van der Waals surface area contributed by atoms with Crippen LogP contribution in [0, 0.1) is 0 Å². The molecule has 0 atom stereocenters. The van der Waals surface area contributed by atoms with E-state index in [0.29, 0.717) is 0 Å². The summed E-state index contributed by atoms with van der Waals surface area (Å²) in [5, 5.41) is 0. The summed E-state index contributed by atoms with van der Waals surface area (Å²) in [6.45, 7) is 1.80. The van der Waals surface area contributed by atoms with E-state index in [1.165, 1.54) is 20.3 Å². The average molecular weight is 168 g/mol. The Morgan fingerprint density at radius 2 is 1.92 bits per heavy atom. The summed E-state index contributed by atoms with van der Waals surface area (Å²) >= 11 is 0. The van der Waals surface area contributed by atoms with Gasteiger partial charge in [-0.15, -0.1) is 0 Å². The van der Waals surface area contributed by atoms with Crippen molar-refractivity contribution < 1.29 is 14.3 Å². The fourth-order valence-electron chi connectivity index (χ4n) is 1.30. The maximum Gasteiger partial charge on any atom is 0.256 e. The van der Waals surface area contributed by atoms with Crippen molar-refractivity contribution in [2.45, 2.75) is 12.7 Å². The number of hydrogen-bond donors (Lipinski definition) is 0. The molecule has 0 saturated heterocycles. The van der Waals surface area contributed by atoms with Gasteiger partial charge in [0.15, 0.2) is 0 Å². The van der Waals surface area contributed by atoms with Crippen molar-refractivity contribution in [2.75, 3.05) is 14.2 Å². The highest BCUT2D eigenvalue weighted by Crippen LogP contribution is 2.26. The molecule has 0 aromatic carbocycles. The smallest absolute Gasteiger partial charge is 0.256 e. The van der Waals surface area contributed by atoms with E-state index in [-0.39, 0.29) is 5.78 Å². The van der Waals surface area contributed by atoms with Gasteiger partial charge < -0.3 is 9.47 Å². The Labute approximate surface area is 71.7 Å². The molecule has 0 radical (unpaired) electrons. The molecule has 0 N–H and O–H groups in total. The second-order valence-electron chi connectivity index (χ2n) is 2.60. The molecule has 12 heavy (non-hydrogen) atoms. The predicted octanol–water partition coefficient (Wildman–Crippen LogP) is 1.06. The fourth-order valence-corrected chi connectivity index (χ4v) is 1.30. The molecular formula is C9H12O3. The number of ketones is 1. The Hall–Kier alpha value is -0.930. The highest BCUT2D eigenvalue weighted by atomic mass is 16.7. The third-order valence-corrected chi connectivity index (χ3v) is 2.01. The molecule has 0 aliphatic heterocycles. The SMILES string of the molecule is COC1(OC)C(=O)C=CC=C1C. The molecule has 0 amide bonds. The lowest BCUT2D eigenvalue weighted by Gasteiger charge is -2.30. The van der Waals surface area contributed by atoms with Gasteiger partial charge in [-0.2, -0.15) is 0 Å². The van der Waals surface area contributed by atoms with Crippen LogP contribution in [0.15, 0.2) is 23.8 Å². The Kier molecular flexibility index (Phi) is 2.45. The van der Waals surface area contributed by atoms with Crippen LogP contribution in [0.25, 0.3) is 0 Å². The van der Waals surface area contributed by atoms with Gasteiger partial charge in [0.05, 0.1) is 0 Å². The van der Waals surface area contributed by atoms with Gasteiger partial charge in [0, 0.05) is 14.2 Å². The van der Waals surface area contributed by atoms with Crippen LogP contribution in [-0.2, 0) is 14.3 Å². The second kappa shape index (κ2) is 3.21. The number of rotatable bonds is 2. The Morgan fingerprint density at radius 1 is 1.33 bits per heavy atom. The van der Waals surface area contributed by atoms with Crippen LogP contribution in [0.2, 0.25) is 0 Å². The summed E-state index contributed by atoms with van der Waals surface area (Å²) in [6, 6.07) is 0. The van der Waals surface area contributed by atoms with Gasteiger partial charge >= 0.3 is 0 Å². The molecule has 1 rings (SSSR count). The number of methoxy groups -OCH3 is 2. The van der Waals surface area contributed by atoms with Crippen LogP contribution in [0.4, 0.5) is 0 Å². The molecule has 0 aromatic heterocycles. The molecule has 3 heteroatoms. The van der Waals surface area contributed by atoms with Crippen LogP contribution in [0.3, 0.4) is 0 Å². The Morgan fingerprint density at radius 3 is 2.25 bits per heavy atom. The summed E-state index contributed by atoms with van der Waals surface area (Å²) < 4.78 is 10.1. The predicted molar refractivity (Wildman–Crippen MR) is 44.7 cm³/mol. The first kappa shape index (κ1) is 9.16. The summed E-state index contributed by atoms with van der Waals surface area (Å²) in [4.78, 5) is 11.4. The molecular weight excluding hydrogens is 156 g/mol. The summed E-state index contributed by atoms with van der Waals surface area (Å²) in [5.41, 5.74) is 0.764. The van der Waals surface area contributed by atoms with Crippen molar-refractivity contribution in [3.8, 4) is 0 Å². The highest BCUT2D eigenvalue weighted by Gasteiger charge is 2.40. The first-order valence-corrected chi connectivity index (χ1v) is 3.67. The molecule has 0 fully saturated rings. The van der Waals surface area contributed by atoms with Crippen molar-refractivity contribution in [2.24, 2.45) is 0 Å². The lowest BCUT2D eigenvalue weighted by Crippen LogP contribution is -2.44. The van der Waals surface area contributed by atoms with Crippen LogP contribution in [0.5, 0.6) is 0 Å². The van der Waals surface area contributed by atoms with Crippen LogP contribution < -0.4 is 0 Å².